The molecule has 1 atom stereocenters. The molecule has 36 heavy (non-hydrogen) atoms. The van der Waals surface area contributed by atoms with Crippen LogP contribution >= 0.6 is 11.8 Å². The van der Waals surface area contributed by atoms with Crippen LogP contribution in [0.5, 0.6) is 0 Å². The third-order valence-corrected chi connectivity index (χ3v) is 7.23. The van der Waals surface area contributed by atoms with Gasteiger partial charge in [0.25, 0.3) is 0 Å². The highest BCUT2D eigenvalue weighted by Crippen LogP contribution is 2.32. The first-order chi connectivity index (χ1) is 17.6. The molecule has 0 aliphatic carbocycles. The Morgan fingerprint density at radius 2 is 1.64 bits per heavy atom. The molecule has 1 N–H and O–H groups in total. The molecule has 1 aliphatic heterocycles. The van der Waals surface area contributed by atoms with Gasteiger partial charge in [-0.25, -0.2) is 0 Å². The highest BCUT2D eigenvalue weighted by atomic mass is 32.2. The molecule has 2 heterocycles. The van der Waals surface area contributed by atoms with Crippen molar-refractivity contribution in [3.8, 4) is 16.8 Å². The molecule has 184 valence electrons. The number of aromatic nitrogens is 3. The van der Waals surface area contributed by atoms with Crippen LogP contribution in [0.3, 0.4) is 0 Å². The van der Waals surface area contributed by atoms with Crippen molar-refractivity contribution in [2.24, 2.45) is 0 Å². The van der Waals surface area contributed by atoms with E-state index in [4.69, 9.17) is 4.74 Å². The number of rotatable bonds is 7. The second-order valence-electron chi connectivity index (χ2n) is 8.66. The zero-order chi connectivity index (χ0) is 24.9. The average molecular weight is 500 g/mol. The van der Waals surface area contributed by atoms with E-state index in [0.29, 0.717) is 18.4 Å². The Balaban J connectivity index is 1.41. The second-order valence-corrected chi connectivity index (χ2v) is 9.97. The van der Waals surface area contributed by atoms with Crippen LogP contribution in [0.2, 0.25) is 0 Å². The molecule has 4 aromatic rings. The Kier molecular flexibility index (Phi) is 7.34. The first kappa shape index (κ1) is 24.1. The SMILES string of the molecule is Cc1ccccc1-n1c(S[C@H](C)C(=O)Nc2ccccc2-c2ccccc2)nnc1N1CCOCC1. The Morgan fingerprint density at radius 3 is 2.42 bits per heavy atom. The number of carbonyl (C=O) groups excluding carboxylic acids is 1. The van der Waals surface area contributed by atoms with Crippen molar-refractivity contribution in [3.05, 3.63) is 84.4 Å². The molecule has 1 aromatic heterocycles. The van der Waals surface area contributed by atoms with Crippen LogP contribution in [-0.4, -0.2) is 52.2 Å². The third-order valence-electron chi connectivity index (χ3n) is 6.19. The fourth-order valence-corrected chi connectivity index (χ4v) is 5.09. The molecule has 0 unspecified atom stereocenters. The van der Waals surface area contributed by atoms with Crippen LogP contribution in [0.15, 0.2) is 84.0 Å². The Hall–Kier alpha value is -3.62. The van der Waals surface area contributed by atoms with E-state index < -0.39 is 5.25 Å². The topological polar surface area (TPSA) is 72.3 Å². The minimum absolute atomic E-state index is 0.0874. The van der Waals surface area contributed by atoms with E-state index in [9.17, 15) is 4.79 Å². The van der Waals surface area contributed by atoms with Crippen molar-refractivity contribution in [3.63, 3.8) is 0 Å². The number of hydrogen-bond donors (Lipinski definition) is 1. The first-order valence-corrected chi connectivity index (χ1v) is 13.0. The van der Waals surface area contributed by atoms with Gasteiger partial charge in [-0.1, -0.05) is 78.5 Å². The van der Waals surface area contributed by atoms with Crippen molar-refractivity contribution >= 4 is 29.3 Å². The summed E-state index contributed by atoms with van der Waals surface area (Å²) >= 11 is 1.41. The van der Waals surface area contributed by atoms with Crippen LogP contribution in [0.25, 0.3) is 16.8 Å². The number of hydrogen-bond acceptors (Lipinski definition) is 6. The normalized spacial score (nSPS) is 14.4. The lowest BCUT2D eigenvalue weighted by atomic mass is 10.0. The first-order valence-electron chi connectivity index (χ1n) is 12.1. The molecule has 0 spiro atoms. The van der Waals surface area contributed by atoms with Gasteiger partial charge in [0, 0.05) is 24.3 Å². The number of nitrogens with zero attached hydrogens (tertiary/aromatic N) is 4. The van der Waals surface area contributed by atoms with Crippen LogP contribution < -0.4 is 10.2 Å². The van der Waals surface area contributed by atoms with Gasteiger partial charge < -0.3 is 15.0 Å². The van der Waals surface area contributed by atoms with E-state index in [1.165, 1.54) is 11.8 Å². The van der Waals surface area contributed by atoms with E-state index in [2.05, 4.69) is 44.0 Å². The van der Waals surface area contributed by atoms with E-state index in [1.54, 1.807) is 0 Å². The maximum absolute atomic E-state index is 13.3. The number of carbonyl (C=O) groups is 1. The lowest BCUT2D eigenvalue weighted by molar-refractivity contribution is -0.115. The van der Waals surface area contributed by atoms with Crippen LogP contribution in [0, 0.1) is 6.92 Å². The number of ether oxygens (including phenoxy) is 1. The molecule has 3 aromatic carbocycles. The zero-order valence-electron chi connectivity index (χ0n) is 20.4. The van der Waals surface area contributed by atoms with E-state index in [-0.39, 0.29) is 5.91 Å². The number of nitrogens with one attached hydrogen (secondary N) is 1. The highest BCUT2D eigenvalue weighted by Gasteiger charge is 2.25. The maximum Gasteiger partial charge on any atom is 0.237 e. The summed E-state index contributed by atoms with van der Waals surface area (Å²) in [6.07, 6.45) is 0. The number of aryl methyl sites for hydroxylation is 1. The van der Waals surface area contributed by atoms with Gasteiger partial charge >= 0.3 is 0 Å². The summed E-state index contributed by atoms with van der Waals surface area (Å²) in [7, 11) is 0. The predicted molar refractivity (Wildman–Crippen MR) is 145 cm³/mol. The van der Waals surface area contributed by atoms with Crippen molar-refractivity contribution in [2.45, 2.75) is 24.3 Å². The number of amides is 1. The molecular formula is C28H29N5O2S. The Bertz CT molecular complexity index is 1330. The summed E-state index contributed by atoms with van der Waals surface area (Å²) in [4.78, 5) is 15.5. The smallest absolute Gasteiger partial charge is 0.237 e. The van der Waals surface area contributed by atoms with Crippen molar-refractivity contribution in [2.75, 3.05) is 36.5 Å². The molecule has 8 heteroatoms. The summed E-state index contributed by atoms with van der Waals surface area (Å²) in [5.41, 5.74) is 4.95. The average Bonchev–Trinajstić information content (AvgIpc) is 3.33. The fourth-order valence-electron chi connectivity index (χ4n) is 4.24. The van der Waals surface area contributed by atoms with Gasteiger partial charge in [0.05, 0.1) is 24.2 Å². The number of para-hydroxylation sites is 2. The molecule has 5 rings (SSSR count). The lowest BCUT2D eigenvalue weighted by Gasteiger charge is -2.28. The quantitative estimate of drug-likeness (QED) is 0.353. The van der Waals surface area contributed by atoms with Crippen LogP contribution in [0.4, 0.5) is 11.6 Å². The van der Waals surface area contributed by atoms with Crippen LogP contribution in [-0.2, 0) is 9.53 Å². The van der Waals surface area contributed by atoms with Gasteiger partial charge in [-0.15, -0.1) is 10.2 Å². The third kappa shape index (κ3) is 5.15. The van der Waals surface area contributed by atoms with Crippen molar-refractivity contribution in [1.29, 1.82) is 0 Å². The summed E-state index contributed by atoms with van der Waals surface area (Å²) in [6.45, 7) is 6.79. The number of anilines is 2. The Labute approximate surface area is 215 Å². The molecular weight excluding hydrogens is 470 g/mol. The van der Waals surface area contributed by atoms with Gasteiger partial charge in [0.2, 0.25) is 11.9 Å². The van der Waals surface area contributed by atoms with Gasteiger partial charge in [0.1, 0.15) is 0 Å². The summed E-state index contributed by atoms with van der Waals surface area (Å²) in [6, 6.07) is 26.1. The molecule has 0 bridgehead atoms. The van der Waals surface area contributed by atoms with E-state index in [0.717, 1.165) is 47.1 Å². The van der Waals surface area contributed by atoms with E-state index in [1.807, 2.05) is 73.7 Å². The fraction of sp³-hybridized carbons (Fsp3) is 0.250. The van der Waals surface area contributed by atoms with Gasteiger partial charge in [-0.3, -0.25) is 9.36 Å². The largest absolute Gasteiger partial charge is 0.378 e. The zero-order valence-corrected chi connectivity index (χ0v) is 21.2. The molecule has 0 radical (unpaired) electrons. The molecule has 1 fully saturated rings. The Morgan fingerprint density at radius 1 is 0.944 bits per heavy atom. The monoisotopic (exact) mass is 499 g/mol. The van der Waals surface area contributed by atoms with Gasteiger partial charge in [-0.05, 0) is 37.1 Å². The molecule has 7 nitrogen and oxygen atoms in total. The summed E-state index contributed by atoms with van der Waals surface area (Å²) in [5.74, 6) is 0.688. The molecule has 1 amide bonds. The highest BCUT2D eigenvalue weighted by molar-refractivity contribution is 8.00. The van der Waals surface area contributed by atoms with Crippen molar-refractivity contribution < 1.29 is 9.53 Å². The molecule has 1 saturated heterocycles. The standard InChI is InChI=1S/C28H29N5O2S/c1-20-10-6-9-15-25(20)33-27(32-16-18-35-19-17-32)30-31-28(33)36-21(2)26(34)29-24-14-8-7-13-23(24)22-11-4-3-5-12-22/h3-15,21H,16-19H2,1-2H3,(H,29,34)/t21-/m1/s1. The maximum atomic E-state index is 13.3. The summed E-state index contributed by atoms with van der Waals surface area (Å²) < 4.78 is 7.60. The minimum Gasteiger partial charge on any atom is -0.378 e. The molecule has 1 aliphatic rings. The van der Waals surface area contributed by atoms with Crippen LogP contribution in [0.1, 0.15) is 12.5 Å². The molecule has 0 saturated carbocycles. The lowest BCUT2D eigenvalue weighted by Crippen LogP contribution is -2.38. The van der Waals surface area contributed by atoms with E-state index >= 15 is 0 Å². The summed E-state index contributed by atoms with van der Waals surface area (Å²) in [5, 5.41) is 12.5. The minimum atomic E-state index is -0.390. The van der Waals surface area contributed by atoms with Gasteiger partial charge in [-0.2, -0.15) is 0 Å². The number of benzene rings is 3. The predicted octanol–water partition coefficient (Wildman–Crippen LogP) is 5.20. The second kappa shape index (κ2) is 11.0. The van der Waals surface area contributed by atoms with Gasteiger partial charge in [0.15, 0.2) is 5.16 Å². The number of morpholine rings is 1. The van der Waals surface area contributed by atoms with Crippen molar-refractivity contribution in [1.82, 2.24) is 14.8 Å². The number of thioether (sulfide) groups is 1.